The molecule has 0 saturated heterocycles. The average molecular weight is 353 g/mol. The summed E-state index contributed by atoms with van der Waals surface area (Å²) in [5.74, 6) is 0.482. The number of carbonyl (C=O) groups is 2. The molecule has 6 nitrogen and oxygen atoms in total. The number of nitrogens with one attached hydrogen (secondary N) is 1. The number of hydrogen-bond donors (Lipinski definition) is 2. The van der Waals surface area contributed by atoms with Crippen molar-refractivity contribution in [2.75, 3.05) is 24.6 Å². The van der Waals surface area contributed by atoms with Gasteiger partial charge in [-0.1, -0.05) is 37.3 Å². The molecule has 1 aliphatic rings. The van der Waals surface area contributed by atoms with E-state index in [0.717, 1.165) is 17.8 Å². The molecule has 0 aliphatic carbocycles. The molecule has 2 aromatic carbocycles. The van der Waals surface area contributed by atoms with Crippen molar-refractivity contribution in [1.82, 2.24) is 5.32 Å². The highest BCUT2D eigenvalue weighted by molar-refractivity contribution is 5.82. The highest BCUT2D eigenvalue weighted by atomic mass is 16.5. The van der Waals surface area contributed by atoms with Crippen LogP contribution in [0, 0.1) is 0 Å². The van der Waals surface area contributed by atoms with Crippen LogP contribution in [0.4, 0.5) is 5.69 Å². The van der Waals surface area contributed by atoms with Gasteiger partial charge in [0.2, 0.25) is 5.91 Å². The van der Waals surface area contributed by atoms with Gasteiger partial charge in [-0.3, -0.25) is 9.59 Å². The van der Waals surface area contributed by atoms with Crippen LogP contribution in [0.1, 0.15) is 24.0 Å². The minimum absolute atomic E-state index is 0.0111. The number of fused-ring (bicyclic) bond motifs is 1. The molecule has 1 atom stereocenters. The summed E-state index contributed by atoms with van der Waals surface area (Å²) in [5.41, 5.74) is 8.44. The lowest BCUT2D eigenvalue weighted by Gasteiger charge is -2.19. The fourth-order valence-corrected chi connectivity index (χ4v) is 3.16. The molecule has 2 amide bonds. The number of amides is 2. The van der Waals surface area contributed by atoms with E-state index in [2.05, 4.69) is 29.3 Å². The van der Waals surface area contributed by atoms with Gasteiger partial charge in [-0.15, -0.1) is 0 Å². The van der Waals surface area contributed by atoms with Crippen LogP contribution in [0.2, 0.25) is 0 Å². The normalized spacial score (nSPS) is 15.4. The van der Waals surface area contributed by atoms with E-state index in [1.54, 1.807) is 12.1 Å². The second kappa shape index (κ2) is 7.91. The number of para-hydroxylation sites is 1. The van der Waals surface area contributed by atoms with Crippen molar-refractivity contribution >= 4 is 17.5 Å². The Bertz CT molecular complexity index is 789. The van der Waals surface area contributed by atoms with Crippen LogP contribution in [0.5, 0.6) is 5.75 Å². The van der Waals surface area contributed by atoms with Crippen LogP contribution in [0.25, 0.3) is 0 Å². The van der Waals surface area contributed by atoms with Crippen LogP contribution in [-0.4, -0.2) is 31.5 Å². The van der Waals surface area contributed by atoms with E-state index in [4.69, 9.17) is 10.5 Å². The maximum Gasteiger partial charge on any atom is 0.255 e. The molecule has 0 spiro atoms. The standard InChI is InChI=1S/C20H23N3O3/c1-14-11-23(18-5-3-2-4-17(14)18)12-20(25)22-10-15-6-8-16(9-7-15)26-13-19(21)24/h2-9,14H,10-13H2,1H3,(H2,21,24)(H,22,25). The van der Waals surface area contributed by atoms with Gasteiger partial charge in [0.15, 0.2) is 6.61 Å². The van der Waals surface area contributed by atoms with Crippen molar-refractivity contribution < 1.29 is 14.3 Å². The average Bonchev–Trinajstić information content (AvgIpc) is 2.95. The Morgan fingerprint density at radius 3 is 2.65 bits per heavy atom. The zero-order valence-electron chi connectivity index (χ0n) is 14.8. The van der Waals surface area contributed by atoms with E-state index < -0.39 is 5.91 Å². The molecule has 0 bridgehead atoms. The Labute approximate surface area is 152 Å². The first kappa shape index (κ1) is 17.8. The number of carbonyl (C=O) groups excluding carboxylic acids is 2. The molecule has 3 rings (SSSR count). The fourth-order valence-electron chi connectivity index (χ4n) is 3.16. The van der Waals surface area contributed by atoms with Crippen molar-refractivity contribution in [2.24, 2.45) is 5.73 Å². The lowest BCUT2D eigenvalue weighted by atomic mass is 10.0. The quantitative estimate of drug-likeness (QED) is 0.795. The minimum atomic E-state index is -0.515. The highest BCUT2D eigenvalue weighted by Crippen LogP contribution is 2.35. The van der Waals surface area contributed by atoms with E-state index in [-0.39, 0.29) is 12.5 Å². The van der Waals surface area contributed by atoms with Crippen molar-refractivity contribution in [3.8, 4) is 5.75 Å². The molecule has 0 saturated carbocycles. The Morgan fingerprint density at radius 1 is 1.19 bits per heavy atom. The molecule has 6 heteroatoms. The van der Waals surface area contributed by atoms with Gasteiger partial charge >= 0.3 is 0 Å². The number of ether oxygens (including phenoxy) is 1. The van der Waals surface area contributed by atoms with E-state index in [9.17, 15) is 9.59 Å². The van der Waals surface area contributed by atoms with Gasteiger partial charge in [0, 0.05) is 24.7 Å². The Balaban J connectivity index is 1.50. The topological polar surface area (TPSA) is 84.7 Å². The van der Waals surface area contributed by atoms with Crippen LogP contribution < -0.4 is 20.7 Å². The number of nitrogens with zero attached hydrogens (tertiary/aromatic N) is 1. The summed E-state index contributed by atoms with van der Waals surface area (Å²) >= 11 is 0. The van der Waals surface area contributed by atoms with Gasteiger partial charge in [0.05, 0.1) is 6.54 Å². The van der Waals surface area contributed by atoms with Crippen LogP contribution in [0.3, 0.4) is 0 Å². The molecule has 1 aliphatic heterocycles. The lowest BCUT2D eigenvalue weighted by molar-refractivity contribution is -0.120. The van der Waals surface area contributed by atoms with Gasteiger partial charge in [-0.25, -0.2) is 0 Å². The molecule has 3 N–H and O–H groups in total. The summed E-state index contributed by atoms with van der Waals surface area (Å²) in [7, 11) is 0. The van der Waals surface area contributed by atoms with Crippen molar-refractivity contribution in [3.05, 3.63) is 59.7 Å². The molecule has 0 aromatic heterocycles. The van der Waals surface area contributed by atoms with Gasteiger partial charge in [0.1, 0.15) is 5.75 Å². The first-order valence-electron chi connectivity index (χ1n) is 8.63. The van der Waals surface area contributed by atoms with E-state index in [1.165, 1.54) is 5.56 Å². The smallest absolute Gasteiger partial charge is 0.255 e. The first-order chi connectivity index (χ1) is 12.5. The number of anilines is 1. The first-order valence-corrected chi connectivity index (χ1v) is 8.63. The Kier molecular flexibility index (Phi) is 5.41. The third-order valence-electron chi connectivity index (χ3n) is 4.43. The second-order valence-electron chi connectivity index (χ2n) is 6.52. The summed E-state index contributed by atoms with van der Waals surface area (Å²) in [4.78, 5) is 25.1. The van der Waals surface area contributed by atoms with Crippen molar-refractivity contribution in [1.29, 1.82) is 0 Å². The maximum atomic E-state index is 12.3. The van der Waals surface area contributed by atoms with Gasteiger partial charge in [0.25, 0.3) is 5.91 Å². The number of benzene rings is 2. The van der Waals surface area contributed by atoms with Gasteiger partial charge in [-0.05, 0) is 29.3 Å². The Morgan fingerprint density at radius 2 is 1.92 bits per heavy atom. The number of rotatable bonds is 7. The lowest BCUT2D eigenvalue weighted by Crippen LogP contribution is -2.36. The largest absolute Gasteiger partial charge is 0.484 e. The van der Waals surface area contributed by atoms with Crippen molar-refractivity contribution in [2.45, 2.75) is 19.4 Å². The van der Waals surface area contributed by atoms with Crippen LogP contribution in [-0.2, 0) is 16.1 Å². The summed E-state index contributed by atoms with van der Waals surface area (Å²) in [6.07, 6.45) is 0. The summed E-state index contributed by atoms with van der Waals surface area (Å²) < 4.78 is 5.21. The van der Waals surface area contributed by atoms with Crippen LogP contribution >= 0.6 is 0 Å². The molecular weight excluding hydrogens is 330 g/mol. The zero-order valence-corrected chi connectivity index (χ0v) is 14.8. The van der Waals surface area contributed by atoms with E-state index in [1.807, 2.05) is 24.3 Å². The maximum absolute atomic E-state index is 12.3. The molecule has 0 radical (unpaired) electrons. The molecule has 136 valence electrons. The monoisotopic (exact) mass is 353 g/mol. The molecular formula is C20H23N3O3. The zero-order chi connectivity index (χ0) is 18.5. The third kappa shape index (κ3) is 4.33. The fraction of sp³-hybridized carbons (Fsp3) is 0.300. The molecule has 0 fully saturated rings. The van der Waals surface area contributed by atoms with Gasteiger partial charge in [-0.2, -0.15) is 0 Å². The second-order valence-corrected chi connectivity index (χ2v) is 6.52. The molecule has 1 heterocycles. The highest BCUT2D eigenvalue weighted by Gasteiger charge is 2.26. The molecule has 2 aromatic rings. The van der Waals surface area contributed by atoms with E-state index in [0.29, 0.717) is 24.8 Å². The van der Waals surface area contributed by atoms with Crippen LogP contribution in [0.15, 0.2) is 48.5 Å². The summed E-state index contributed by atoms with van der Waals surface area (Å²) in [6, 6.07) is 15.4. The number of primary amides is 1. The molecule has 26 heavy (non-hydrogen) atoms. The minimum Gasteiger partial charge on any atom is -0.484 e. The van der Waals surface area contributed by atoms with Gasteiger partial charge < -0.3 is 20.7 Å². The molecule has 1 unspecified atom stereocenters. The van der Waals surface area contributed by atoms with E-state index >= 15 is 0 Å². The van der Waals surface area contributed by atoms with Crippen molar-refractivity contribution in [3.63, 3.8) is 0 Å². The third-order valence-corrected chi connectivity index (χ3v) is 4.43. The number of hydrogen-bond acceptors (Lipinski definition) is 4. The predicted molar refractivity (Wildman–Crippen MR) is 100 cm³/mol. The SMILES string of the molecule is CC1CN(CC(=O)NCc2ccc(OCC(N)=O)cc2)c2ccccc21. The summed E-state index contributed by atoms with van der Waals surface area (Å²) in [6.45, 7) is 3.68. The summed E-state index contributed by atoms with van der Waals surface area (Å²) in [5, 5.41) is 2.95. The number of nitrogens with two attached hydrogens (primary N) is 1. The predicted octanol–water partition coefficient (Wildman–Crippen LogP) is 1.79. The Hall–Kier alpha value is -3.02.